The van der Waals surface area contributed by atoms with Crippen molar-refractivity contribution in [3.05, 3.63) is 36.9 Å². The summed E-state index contributed by atoms with van der Waals surface area (Å²) < 4.78 is 5.13. The lowest BCUT2D eigenvalue weighted by Gasteiger charge is -2.30. The van der Waals surface area contributed by atoms with E-state index in [9.17, 15) is 0 Å². The van der Waals surface area contributed by atoms with Crippen molar-refractivity contribution in [1.82, 2.24) is 4.90 Å². The van der Waals surface area contributed by atoms with Gasteiger partial charge in [-0.1, -0.05) is 6.08 Å². The van der Waals surface area contributed by atoms with E-state index in [-0.39, 0.29) is 0 Å². The summed E-state index contributed by atoms with van der Waals surface area (Å²) in [5, 5.41) is 0. The molecule has 10 heavy (non-hydrogen) atoms. The first-order valence-corrected chi connectivity index (χ1v) is 3.09. The van der Waals surface area contributed by atoms with E-state index in [1.165, 1.54) is 0 Å². The van der Waals surface area contributed by atoms with Crippen molar-refractivity contribution in [3.63, 3.8) is 0 Å². The van der Waals surface area contributed by atoms with Gasteiger partial charge in [-0.05, 0) is 12.2 Å². The fraction of sp³-hybridized carbons (Fsp3) is 0.143. The summed E-state index contributed by atoms with van der Waals surface area (Å²) in [6.07, 6.45) is 10.8. The van der Waals surface area contributed by atoms with Gasteiger partial charge in [-0.15, -0.1) is 0 Å². The van der Waals surface area contributed by atoms with Crippen LogP contribution < -0.4 is 5.73 Å². The Morgan fingerprint density at radius 2 is 2.20 bits per heavy atom. The van der Waals surface area contributed by atoms with Gasteiger partial charge in [0.05, 0.1) is 0 Å². The third kappa shape index (κ3) is 0.579. The first-order valence-electron chi connectivity index (χ1n) is 3.09. The third-order valence-electron chi connectivity index (χ3n) is 1.57. The number of nitrogens with zero attached hydrogens (tertiary/aromatic N) is 1. The second-order valence-electron chi connectivity index (χ2n) is 2.26. The summed E-state index contributed by atoms with van der Waals surface area (Å²) in [7, 11) is 0. The predicted octanol–water partition coefficient (Wildman–Crippen LogP) is 0.486. The standard InChI is InChI=1S/C7H8N2O/c8-7-3-1-2-4-9(7)5-6-10-7/h1-6H,8H2/t7-/m0/s1. The molecule has 0 aromatic carbocycles. The molecule has 0 aromatic rings. The Labute approximate surface area is 59.1 Å². The summed E-state index contributed by atoms with van der Waals surface area (Å²) in [5.41, 5.74) is 5.77. The Kier molecular flexibility index (Phi) is 0.910. The van der Waals surface area contributed by atoms with Gasteiger partial charge in [-0.2, -0.15) is 0 Å². The van der Waals surface area contributed by atoms with E-state index in [0.29, 0.717) is 0 Å². The van der Waals surface area contributed by atoms with E-state index in [2.05, 4.69) is 0 Å². The van der Waals surface area contributed by atoms with E-state index in [4.69, 9.17) is 10.5 Å². The van der Waals surface area contributed by atoms with Crippen molar-refractivity contribution in [2.24, 2.45) is 5.73 Å². The minimum Gasteiger partial charge on any atom is -0.457 e. The van der Waals surface area contributed by atoms with Crippen molar-refractivity contribution in [2.75, 3.05) is 0 Å². The van der Waals surface area contributed by atoms with Gasteiger partial charge in [-0.3, -0.25) is 10.6 Å². The highest BCUT2D eigenvalue weighted by Gasteiger charge is 2.32. The zero-order valence-electron chi connectivity index (χ0n) is 5.40. The molecule has 1 atom stereocenters. The highest BCUT2D eigenvalue weighted by molar-refractivity contribution is 5.20. The Morgan fingerprint density at radius 3 is 3.00 bits per heavy atom. The SMILES string of the molecule is N[C@@]12C=CC=CN1C=CO2. The monoisotopic (exact) mass is 136 g/mol. The van der Waals surface area contributed by atoms with Crippen LogP contribution in [0.1, 0.15) is 0 Å². The maximum atomic E-state index is 5.77. The van der Waals surface area contributed by atoms with Crippen molar-refractivity contribution in [1.29, 1.82) is 0 Å². The molecule has 0 aromatic heterocycles. The number of hydrogen-bond donors (Lipinski definition) is 1. The molecule has 2 aliphatic rings. The van der Waals surface area contributed by atoms with Crippen LogP contribution in [0.2, 0.25) is 0 Å². The highest BCUT2D eigenvalue weighted by atomic mass is 16.5. The fourth-order valence-corrected chi connectivity index (χ4v) is 1.01. The number of hydrogen-bond acceptors (Lipinski definition) is 3. The van der Waals surface area contributed by atoms with Crippen LogP contribution in [0.15, 0.2) is 36.9 Å². The zero-order valence-corrected chi connectivity index (χ0v) is 5.40. The van der Waals surface area contributed by atoms with Gasteiger partial charge >= 0.3 is 0 Å². The first kappa shape index (κ1) is 5.56. The summed E-state index contributed by atoms with van der Waals surface area (Å²) in [4.78, 5) is 1.80. The van der Waals surface area contributed by atoms with Gasteiger partial charge in [0.15, 0.2) is 0 Å². The van der Waals surface area contributed by atoms with Crippen LogP contribution in [0.3, 0.4) is 0 Å². The van der Waals surface area contributed by atoms with Gasteiger partial charge in [-0.25, -0.2) is 0 Å². The minimum absolute atomic E-state index is 0.755. The average molecular weight is 136 g/mol. The Morgan fingerprint density at radius 1 is 1.30 bits per heavy atom. The van der Waals surface area contributed by atoms with Crippen molar-refractivity contribution in [3.8, 4) is 0 Å². The molecule has 2 rings (SSSR count). The third-order valence-corrected chi connectivity index (χ3v) is 1.57. The summed E-state index contributed by atoms with van der Waals surface area (Å²) in [6, 6.07) is 0. The van der Waals surface area contributed by atoms with Crippen molar-refractivity contribution >= 4 is 0 Å². The van der Waals surface area contributed by atoms with Crippen LogP contribution in [-0.4, -0.2) is 10.7 Å². The second kappa shape index (κ2) is 1.64. The molecule has 0 saturated carbocycles. The first-order chi connectivity index (χ1) is 4.81. The molecule has 0 radical (unpaired) electrons. The lowest BCUT2D eigenvalue weighted by Crippen LogP contribution is -2.48. The van der Waals surface area contributed by atoms with Crippen LogP contribution in [-0.2, 0) is 4.74 Å². The average Bonchev–Trinajstić information content (AvgIpc) is 2.29. The van der Waals surface area contributed by atoms with E-state index in [1.54, 1.807) is 23.4 Å². The smallest absolute Gasteiger partial charge is 0.261 e. The zero-order chi connectivity index (χ0) is 7.03. The van der Waals surface area contributed by atoms with Crippen molar-refractivity contribution < 1.29 is 4.74 Å². The number of ether oxygens (including phenoxy) is 1. The van der Waals surface area contributed by atoms with Gasteiger partial charge < -0.3 is 4.74 Å². The maximum Gasteiger partial charge on any atom is 0.261 e. The van der Waals surface area contributed by atoms with Crippen LogP contribution in [0.25, 0.3) is 0 Å². The number of rotatable bonds is 0. The molecule has 2 N–H and O–H groups in total. The van der Waals surface area contributed by atoms with Gasteiger partial charge in [0.1, 0.15) is 6.26 Å². The lowest BCUT2D eigenvalue weighted by molar-refractivity contribution is 0.00910. The van der Waals surface area contributed by atoms with Crippen LogP contribution in [0.5, 0.6) is 0 Å². The molecule has 0 bridgehead atoms. The van der Waals surface area contributed by atoms with Crippen LogP contribution in [0, 0.1) is 0 Å². The molecule has 0 aliphatic carbocycles. The molecule has 3 nitrogen and oxygen atoms in total. The van der Waals surface area contributed by atoms with E-state index in [0.717, 1.165) is 0 Å². The number of fused-ring (bicyclic) bond motifs is 1. The Balaban J connectivity index is 2.35. The lowest BCUT2D eigenvalue weighted by atomic mass is 10.3. The van der Waals surface area contributed by atoms with Gasteiger partial charge in [0.25, 0.3) is 5.85 Å². The molecular weight excluding hydrogens is 128 g/mol. The topological polar surface area (TPSA) is 38.5 Å². The Bertz CT molecular complexity index is 232. The summed E-state index contributed by atoms with van der Waals surface area (Å²) in [5.74, 6) is -0.755. The summed E-state index contributed by atoms with van der Waals surface area (Å²) in [6.45, 7) is 0. The Hall–Kier alpha value is -1.22. The molecule has 2 aliphatic heterocycles. The van der Waals surface area contributed by atoms with Crippen LogP contribution in [0.4, 0.5) is 0 Å². The molecule has 3 heteroatoms. The molecule has 0 spiro atoms. The van der Waals surface area contributed by atoms with Crippen molar-refractivity contribution in [2.45, 2.75) is 5.85 Å². The number of nitrogens with two attached hydrogens (primary N) is 1. The number of allylic oxidation sites excluding steroid dienone is 2. The fourth-order valence-electron chi connectivity index (χ4n) is 1.01. The largest absolute Gasteiger partial charge is 0.457 e. The molecular formula is C7H8N2O. The van der Waals surface area contributed by atoms with E-state index < -0.39 is 5.85 Å². The second-order valence-corrected chi connectivity index (χ2v) is 2.26. The maximum absolute atomic E-state index is 5.77. The van der Waals surface area contributed by atoms with Gasteiger partial charge in [0.2, 0.25) is 0 Å². The highest BCUT2D eigenvalue weighted by Crippen LogP contribution is 2.22. The van der Waals surface area contributed by atoms with Crippen LogP contribution >= 0.6 is 0 Å². The molecule has 52 valence electrons. The molecule has 0 amide bonds. The normalized spacial score (nSPS) is 34.3. The summed E-state index contributed by atoms with van der Waals surface area (Å²) >= 11 is 0. The van der Waals surface area contributed by atoms with E-state index in [1.807, 2.05) is 18.4 Å². The van der Waals surface area contributed by atoms with E-state index >= 15 is 0 Å². The molecule has 0 saturated heterocycles. The molecule has 0 unspecified atom stereocenters. The molecule has 0 fully saturated rings. The predicted molar refractivity (Wildman–Crippen MR) is 37.3 cm³/mol. The van der Waals surface area contributed by atoms with Gasteiger partial charge in [0, 0.05) is 12.4 Å². The minimum atomic E-state index is -0.755. The molecule has 2 heterocycles. The quantitative estimate of drug-likeness (QED) is 0.526.